The maximum atomic E-state index is 12.3. The van der Waals surface area contributed by atoms with Crippen molar-refractivity contribution in [2.75, 3.05) is 0 Å². The van der Waals surface area contributed by atoms with E-state index < -0.39 is 0 Å². The molecule has 1 amide bonds. The maximum absolute atomic E-state index is 12.3. The quantitative estimate of drug-likeness (QED) is 0.495. The fraction of sp³-hybridized carbons (Fsp3) is 0.312. The normalized spacial score (nSPS) is 13.7. The molecule has 1 aromatic rings. The number of carbonyl (C=O) groups excluding carboxylic acids is 1. The van der Waals surface area contributed by atoms with Crippen LogP contribution in [0.15, 0.2) is 46.7 Å². The highest BCUT2D eigenvalue weighted by molar-refractivity contribution is 6.33. The molecule has 0 aliphatic rings. The lowest BCUT2D eigenvalue weighted by atomic mass is 10.1. The number of aromatic nitrogens is 1. The van der Waals surface area contributed by atoms with E-state index in [1.165, 1.54) is 12.3 Å². The summed E-state index contributed by atoms with van der Waals surface area (Å²) in [7, 11) is 0. The summed E-state index contributed by atoms with van der Waals surface area (Å²) in [6.45, 7) is 9.20. The van der Waals surface area contributed by atoms with Crippen LogP contribution in [0.4, 0.5) is 0 Å². The zero-order valence-electron chi connectivity index (χ0n) is 12.6. The second kappa shape index (κ2) is 8.37. The summed E-state index contributed by atoms with van der Waals surface area (Å²) in [5.41, 5.74) is 2.05. The zero-order valence-corrected chi connectivity index (χ0v) is 13.3. The molecule has 0 aliphatic heterocycles. The van der Waals surface area contributed by atoms with Crippen LogP contribution < -0.4 is 5.32 Å². The molecule has 0 aromatic carbocycles. The van der Waals surface area contributed by atoms with Gasteiger partial charge in [0.1, 0.15) is 5.70 Å². The van der Waals surface area contributed by atoms with Crippen LogP contribution in [0.5, 0.6) is 0 Å². The number of nitrogens with one attached hydrogen (secondary N) is 1. The molecule has 0 saturated carbocycles. The van der Waals surface area contributed by atoms with E-state index in [4.69, 9.17) is 11.6 Å². The highest BCUT2D eigenvalue weighted by atomic mass is 35.5. The van der Waals surface area contributed by atoms with Crippen molar-refractivity contribution in [2.45, 2.75) is 33.2 Å². The van der Waals surface area contributed by atoms with Crippen molar-refractivity contribution >= 4 is 23.7 Å². The molecule has 112 valence electrons. The van der Waals surface area contributed by atoms with Crippen LogP contribution in [0.1, 0.15) is 37.6 Å². The molecule has 0 saturated heterocycles. The first-order valence-electron chi connectivity index (χ1n) is 6.77. The van der Waals surface area contributed by atoms with E-state index in [1.807, 2.05) is 26.0 Å². The number of carbonyl (C=O) groups is 1. The zero-order chi connectivity index (χ0) is 15.8. The molecule has 1 heterocycles. The van der Waals surface area contributed by atoms with E-state index in [-0.39, 0.29) is 22.7 Å². The van der Waals surface area contributed by atoms with Gasteiger partial charge in [0.15, 0.2) is 0 Å². The smallest absolute Gasteiger partial charge is 0.271 e. The molecule has 21 heavy (non-hydrogen) atoms. The highest BCUT2D eigenvalue weighted by Gasteiger charge is 2.17. The Morgan fingerprint density at radius 3 is 2.76 bits per heavy atom. The average molecular weight is 306 g/mol. The Hall–Kier alpha value is -1.94. The third-order valence-electron chi connectivity index (χ3n) is 2.93. The van der Waals surface area contributed by atoms with Crippen molar-refractivity contribution in [1.29, 1.82) is 0 Å². The molecular formula is C16H20ClN3O. The number of allylic oxidation sites excluding steroid dienone is 2. The predicted octanol–water partition coefficient (Wildman–Crippen LogP) is 3.68. The number of hydrogen-bond donors (Lipinski definition) is 1. The van der Waals surface area contributed by atoms with Crippen LogP contribution in [-0.4, -0.2) is 17.1 Å². The van der Waals surface area contributed by atoms with Gasteiger partial charge in [0.25, 0.3) is 5.91 Å². The Kier molecular flexibility index (Phi) is 6.82. The van der Waals surface area contributed by atoms with Crippen LogP contribution in [0.2, 0.25) is 0 Å². The van der Waals surface area contributed by atoms with Gasteiger partial charge in [-0.25, -0.2) is 0 Å². The van der Waals surface area contributed by atoms with E-state index in [9.17, 15) is 4.79 Å². The lowest BCUT2D eigenvalue weighted by molar-refractivity contribution is -0.118. The van der Waals surface area contributed by atoms with E-state index in [0.29, 0.717) is 0 Å². The number of hydrogen-bond acceptors (Lipinski definition) is 3. The molecule has 5 heteroatoms. The lowest BCUT2D eigenvalue weighted by Gasteiger charge is -2.17. The molecule has 1 N–H and O–H groups in total. The molecule has 1 aromatic heterocycles. The van der Waals surface area contributed by atoms with Crippen molar-refractivity contribution in [1.82, 2.24) is 10.3 Å². The Balaban J connectivity index is 2.97. The number of pyridine rings is 1. The van der Waals surface area contributed by atoms with Gasteiger partial charge in [0, 0.05) is 18.1 Å². The van der Waals surface area contributed by atoms with Crippen molar-refractivity contribution in [3.8, 4) is 0 Å². The summed E-state index contributed by atoms with van der Waals surface area (Å²) in [5.74, 6) is -0.328. The van der Waals surface area contributed by atoms with Gasteiger partial charge >= 0.3 is 0 Å². The molecule has 4 nitrogen and oxygen atoms in total. The van der Waals surface area contributed by atoms with E-state index in [0.717, 1.165) is 17.7 Å². The summed E-state index contributed by atoms with van der Waals surface area (Å²) in [5, 5.41) is 3.14. The number of amides is 1. The molecule has 1 rings (SSSR count). The van der Waals surface area contributed by atoms with Gasteiger partial charge in [-0.05, 0) is 38.0 Å². The first-order chi connectivity index (χ1) is 10.0. The van der Waals surface area contributed by atoms with E-state index >= 15 is 0 Å². The van der Waals surface area contributed by atoms with Gasteiger partial charge in [0.2, 0.25) is 0 Å². The molecule has 0 bridgehead atoms. The topological polar surface area (TPSA) is 54.4 Å². The largest absolute Gasteiger partial charge is 0.344 e. The summed E-state index contributed by atoms with van der Waals surface area (Å²) >= 11 is 5.97. The Bertz CT molecular complexity index is 561. The Morgan fingerprint density at radius 1 is 1.57 bits per heavy atom. The molecule has 0 radical (unpaired) electrons. The second-order valence-electron chi connectivity index (χ2n) is 4.46. The van der Waals surface area contributed by atoms with Crippen molar-refractivity contribution in [3.05, 3.63) is 53.0 Å². The molecular weight excluding hydrogens is 286 g/mol. The van der Waals surface area contributed by atoms with Gasteiger partial charge in [-0.15, -0.1) is 0 Å². The Labute approximate surface area is 130 Å². The minimum absolute atomic E-state index is 0.137. The van der Waals surface area contributed by atoms with Crippen molar-refractivity contribution < 1.29 is 4.79 Å². The van der Waals surface area contributed by atoms with E-state index in [1.54, 1.807) is 13.1 Å². The summed E-state index contributed by atoms with van der Waals surface area (Å²) in [6.07, 6.45) is 5.43. The molecule has 0 aliphatic carbocycles. The minimum atomic E-state index is -0.328. The molecule has 0 spiro atoms. The second-order valence-corrected chi connectivity index (χ2v) is 4.86. The molecule has 1 atom stereocenters. The predicted molar refractivity (Wildman–Crippen MR) is 87.4 cm³/mol. The van der Waals surface area contributed by atoms with Gasteiger partial charge < -0.3 is 5.32 Å². The van der Waals surface area contributed by atoms with Crippen LogP contribution >= 0.6 is 11.6 Å². The average Bonchev–Trinajstić information content (AvgIpc) is 2.50. The van der Waals surface area contributed by atoms with Crippen LogP contribution in [0.25, 0.3) is 0 Å². The molecule has 1 unspecified atom stereocenters. The Morgan fingerprint density at radius 2 is 2.29 bits per heavy atom. The number of nitrogens with zero attached hydrogens (tertiary/aromatic N) is 2. The number of aryl methyl sites for hydroxylation is 1. The van der Waals surface area contributed by atoms with Gasteiger partial charge in [-0.3, -0.25) is 14.8 Å². The molecule has 0 fully saturated rings. The first kappa shape index (κ1) is 17.1. The van der Waals surface area contributed by atoms with Crippen molar-refractivity contribution in [2.24, 2.45) is 4.99 Å². The maximum Gasteiger partial charge on any atom is 0.271 e. The summed E-state index contributed by atoms with van der Waals surface area (Å²) in [6, 6.07) is 3.74. The minimum Gasteiger partial charge on any atom is -0.344 e. The van der Waals surface area contributed by atoms with E-state index in [2.05, 4.69) is 21.9 Å². The van der Waals surface area contributed by atoms with Gasteiger partial charge in [-0.2, -0.15) is 0 Å². The van der Waals surface area contributed by atoms with Gasteiger partial charge in [-0.1, -0.05) is 31.2 Å². The summed E-state index contributed by atoms with van der Waals surface area (Å²) in [4.78, 5) is 20.6. The first-order valence-corrected chi connectivity index (χ1v) is 7.15. The van der Waals surface area contributed by atoms with Crippen LogP contribution in [0.3, 0.4) is 0 Å². The number of aliphatic imine (C=N–C) groups is 1. The van der Waals surface area contributed by atoms with Crippen LogP contribution in [0, 0.1) is 6.92 Å². The monoisotopic (exact) mass is 305 g/mol. The highest BCUT2D eigenvalue weighted by Crippen LogP contribution is 2.18. The number of rotatable bonds is 6. The SMILES string of the molecule is C=C/C(Cl)=C(\N=CC)C(=O)NC(CC)c1ccc(C)nc1. The third kappa shape index (κ3) is 4.83. The van der Waals surface area contributed by atoms with Crippen LogP contribution in [-0.2, 0) is 4.79 Å². The fourth-order valence-electron chi connectivity index (χ4n) is 1.79. The third-order valence-corrected chi connectivity index (χ3v) is 3.26. The standard InChI is InChI=1S/C16H20ClN3O/c1-5-13(17)15(18-7-3)16(21)20-14(6-2)12-9-8-11(4)19-10-12/h5,7-10,14H,1,6H2,2-4H3,(H,20,21)/b15-13+,18-7?. The fourth-order valence-corrected chi connectivity index (χ4v) is 1.92. The van der Waals surface area contributed by atoms with Gasteiger partial charge in [0.05, 0.1) is 11.1 Å². The van der Waals surface area contributed by atoms with Crippen molar-refractivity contribution in [3.63, 3.8) is 0 Å². The lowest BCUT2D eigenvalue weighted by Crippen LogP contribution is -2.29. The number of halogens is 1. The summed E-state index contributed by atoms with van der Waals surface area (Å²) < 4.78 is 0.